The number of nitrogens with one attached hydrogen (secondary N) is 1. The number of nitriles is 1. The van der Waals surface area contributed by atoms with Gasteiger partial charge in [-0.2, -0.15) is 18.4 Å². The van der Waals surface area contributed by atoms with Crippen LogP contribution in [0.15, 0.2) is 37.1 Å². The van der Waals surface area contributed by atoms with Gasteiger partial charge in [-0.05, 0) is 31.9 Å². The van der Waals surface area contributed by atoms with Crippen LogP contribution in [0, 0.1) is 17.2 Å². The molecule has 12 nitrogen and oxygen atoms in total. The number of nitrogen functional groups attached to an aromatic ring is 1. The molecule has 1 fully saturated rings. The lowest BCUT2D eigenvalue weighted by molar-refractivity contribution is -0.192. The summed E-state index contributed by atoms with van der Waals surface area (Å²) in [6.45, 7) is 3.35. The SMILES string of the molecule is CC(NC(=O)c1c(N)nn2cccnc12)c1cc(Cl)c2cncn2c1N1CCC(C#N)CC1.O=C(O)C(F)(F)F. The van der Waals surface area contributed by atoms with Crippen molar-refractivity contribution in [3.63, 3.8) is 0 Å². The van der Waals surface area contributed by atoms with Gasteiger partial charge in [0.1, 0.15) is 17.7 Å². The fourth-order valence-corrected chi connectivity index (χ4v) is 4.65. The van der Waals surface area contributed by atoms with E-state index in [0.717, 1.165) is 42.8 Å². The molecule has 0 saturated carbocycles. The summed E-state index contributed by atoms with van der Waals surface area (Å²) in [6, 6.07) is 5.55. The first-order valence-electron chi connectivity index (χ1n) is 11.9. The van der Waals surface area contributed by atoms with Crippen molar-refractivity contribution in [2.24, 2.45) is 5.92 Å². The third kappa shape index (κ3) is 5.71. The Morgan fingerprint density at radius 1 is 1.32 bits per heavy atom. The molecule has 1 atom stereocenters. The van der Waals surface area contributed by atoms with Crippen LogP contribution in [-0.4, -0.2) is 60.2 Å². The van der Waals surface area contributed by atoms with Crippen LogP contribution in [0.1, 0.15) is 41.7 Å². The van der Waals surface area contributed by atoms with Gasteiger partial charge in [-0.3, -0.25) is 9.20 Å². The van der Waals surface area contributed by atoms with E-state index in [1.807, 2.05) is 17.4 Å². The van der Waals surface area contributed by atoms with Gasteiger partial charge in [-0.25, -0.2) is 19.3 Å². The van der Waals surface area contributed by atoms with Crippen molar-refractivity contribution in [2.75, 3.05) is 23.7 Å². The Labute approximate surface area is 229 Å². The maximum absolute atomic E-state index is 13.2. The molecule has 0 spiro atoms. The van der Waals surface area contributed by atoms with Crippen LogP contribution in [0.3, 0.4) is 0 Å². The standard InChI is InChI=1S/C22H22ClN9O.C2HF3O2/c1-13(28-21(33)18-19(25)29-32-6-2-5-27-20(18)32)15-9-16(23)17-11-26-12-31(17)22(15)30-7-3-14(10-24)4-8-30;3-2(4,5)1(6)7/h2,5-6,9,11-14H,3-4,7-8H2,1H3,(H2,25,29)(H,28,33);(H,6,7). The molecule has 0 aliphatic carbocycles. The Kier molecular flexibility index (Phi) is 8.01. The molecule has 0 aromatic carbocycles. The number of aliphatic carboxylic acids is 1. The predicted octanol–water partition coefficient (Wildman–Crippen LogP) is 3.48. The summed E-state index contributed by atoms with van der Waals surface area (Å²) >= 11 is 6.57. The first kappa shape index (κ1) is 28.4. The van der Waals surface area contributed by atoms with E-state index in [4.69, 9.17) is 27.2 Å². The molecule has 210 valence electrons. The minimum atomic E-state index is -5.08. The highest BCUT2D eigenvalue weighted by Crippen LogP contribution is 2.35. The lowest BCUT2D eigenvalue weighted by atomic mass is 9.97. The molecule has 5 rings (SSSR count). The highest BCUT2D eigenvalue weighted by Gasteiger charge is 2.38. The minimum Gasteiger partial charge on any atom is -0.475 e. The molecular formula is C24H23ClF3N9O3. The summed E-state index contributed by atoms with van der Waals surface area (Å²) in [5.74, 6) is -2.06. The molecular weight excluding hydrogens is 555 g/mol. The number of carboxylic acids is 1. The minimum absolute atomic E-state index is 0.0542. The van der Waals surface area contributed by atoms with E-state index >= 15 is 0 Å². The molecule has 1 unspecified atom stereocenters. The Balaban J connectivity index is 0.000000470. The van der Waals surface area contributed by atoms with E-state index in [9.17, 15) is 23.2 Å². The average molecular weight is 578 g/mol. The molecule has 16 heteroatoms. The number of alkyl halides is 3. The van der Waals surface area contributed by atoms with Crippen molar-refractivity contribution < 1.29 is 27.9 Å². The molecule has 1 aliphatic rings. The maximum Gasteiger partial charge on any atom is 0.490 e. The van der Waals surface area contributed by atoms with Crippen molar-refractivity contribution in [1.29, 1.82) is 5.26 Å². The van der Waals surface area contributed by atoms with Crippen molar-refractivity contribution >= 4 is 46.3 Å². The predicted molar refractivity (Wildman–Crippen MR) is 138 cm³/mol. The molecule has 1 amide bonds. The Bertz CT molecular complexity index is 1600. The second-order valence-electron chi connectivity index (χ2n) is 8.96. The smallest absolute Gasteiger partial charge is 0.475 e. The highest BCUT2D eigenvalue weighted by atomic mass is 35.5. The largest absolute Gasteiger partial charge is 0.490 e. The van der Waals surface area contributed by atoms with Crippen LogP contribution in [0.4, 0.5) is 24.8 Å². The molecule has 0 radical (unpaired) electrons. The third-order valence-electron chi connectivity index (χ3n) is 6.33. The summed E-state index contributed by atoms with van der Waals surface area (Å²) < 4.78 is 35.2. The molecule has 4 N–H and O–H groups in total. The Hall–Kier alpha value is -4.58. The van der Waals surface area contributed by atoms with Gasteiger partial charge >= 0.3 is 12.1 Å². The maximum atomic E-state index is 13.2. The number of carboxylic acid groups (broad SMARTS) is 1. The number of carbonyl (C=O) groups is 2. The number of halogens is 4. The second kappa shape index (κ2) is 11.3. The summed E-state index contributed by atoms with van der Waals surface area (Å²) in [4.78, 5) is 32.8. The van der Waals surface area contributed by atoms with E-state index < -0.39 is 18.2 Å². The van der Waals surface area contributed by atoms with Crippen molar-refractivity contribution in [2.45, 2.75) is 32.0 Å². The van der Waals surface area contributed by atoms with Crippen LogP contribution < -0.4 is 16.0 Å². The van der Waals surface area contributed by atoms with Gasteiger partial charge in [0.2, 0.25) is 0 Å². The number of anilines is 2. The van der Waals surface area contributed by atoms with E-state index in [-0.39, 0.29) is 23.2 Å². The number of nitrogens with two attached hydrogens (primary N) is 1. The first-order chi connectivity index (χ1) is 18.9. The first-order valence-corrected chi connectivity index (χ1v) is 12.3. The van der Waals surface area contributed by atoms with Crippen LogP contribution in [0.5, 0.6) is 0 Å². The zero-order chi connectivity index (χ0) is 29.2. The zero-order valence-corrected chi connectivity index (χ0v) is 21.7. The van der Waals surface area contributed by atoms with Crippen molar-refractivity contribution in [1.82, 2.24) is 29.3 Å². The number of aromatic nitrogens is 5. The molecule has 4 aromatic rings. The van der Waals surface area contributed by atoms with Gasteiger partial charge in [0.05, 0.1) is 28.8 Å². The van der Waals surface area contributed by atoms with Crippen LogP contribution in [-0.2, 0) is 4.79 Å². The number of hydrogen-bond donors (Lipinski definition) is 3. The van der Waals surface area contributed by atoms with Crippen LogP contribution >= 0.6 is 11.6 Å². The third-order valence-corrected chi connectivity index (χ3v) is 6.64. The number of nitrogens with zero attached hydrogens (tertiary/aromatic N) is 7. The summed E-state index contributed by atoms with van der Waals surface area (Å²) in [7, 11) is 0. The van der Waals surface area contributed by atoms with Crippen LogP contribution in [0.25, 0.3) is 11.2 Å². The molecule has 4 aromatic heterocycles. The normalized spacial score (nSPS) is 14.8. The van der Waals surface area contributed by atoms with Crippen molar-refractivity contribution in [3.05, 3.63) is 53.2 Å². The fraction of sp³-hybridized carbons (Fsp3) is 0.333. The lowest BCUT2D eigenvalue weighted by Gasteiger charge is -2.34. The van der Waals surface area contributed by atoms with E-state index in [1.54, 1.807) is 31.0 Å². The number of pyridine rings is 1. The monoisotopic (exact) mass is 577 g/mol. The number of fused-ring (bicyclic) bond motifs is 2. The number of imidazole rings is 1. The summed E-state index contributed by atoms with van der Waals surface area (Å²) in [5, 5.41) is 24.1. The average Bonchev–Trinajstić information content (AvgIpc) is 3.53. The quantitative estimate of drug-likeness (QED) is 0.329. The number of amides is 1. The molecule has 40 heavy (non-hydrogen) atoms. The fourth-order valence-electron chi connectivity index (χ4n) is 4.40. The van der Waals surface area contributed by atoms with Gasteiger partial charge in [0.25, 0.3) is 5.91 Å². The van der Waals surface area contributed by atoms with Gasteiger partial charge in [-0.1, -0.05) is 11.6 Å². The van der Waals surface area contributed by atoms with E-state index in [2.05, 4.69) is 31.4 Å². The number of carbonyl (C=O) groups excluding carboxylic acids is 1. The molecule has 0 bridgehead atoms. The Morgan fingerprint density at radius 2 is 2.00 bits per heavy atom. The van der Waals surface area contributed by atoms with Crippen LogP contribution in [0.2, 0.25) is 5.02 Å². The van der Waals surface area contributed by atoms with E-state index in [1.165, 1.54) is 4.52 Å². The topological polar surface area (TPSA) is 167 Å². The Morgan fingerprint density at radius 3 is 2.62 bits per heavy atom. The summed E-state index contributed by atoms with van der Waals surface area (Å²) in [6.07, 6.45) is 3.19. The molecule has 1 aliphatic heterocycles. The molecule has 1 saturated heterocycles. The van der Waals surface area contributed by atoms with Gasteiger partial charge in [0, 0.05) is 37.0 Å². The number of hydrogen-bond acceptors (Lipinski definition) is 8. The number of piperidine rings is 1. The zero-order valence-electron chi connectivity index (χ0n) is 20.9. The highest BCUT2D eigenvalue weighted by molar-refractivity contribution is 6.34. The van der Waals surface area contributed by atoms with Gasteiger partial charge < -0.3 is 21.1 Å². The van der Waals surface area contributed by atoms with Gasteiger partial charge in [0.15, 0.2) is 11.5 Å². The summed E-state index contributed by atoms with van der Waals surface area (Å²) in [5.41, 5.74) is 8.28. The number of rotatable bonds is 4. The lowest BCUT2D eigenvalue weighted by Crippen LogP contribution is -2.36. The second-order valence-corrected chi connectivity index (χ2v) is 9.36. The van der Waals surface area contributed by atoms with Crippen molar-refractivity contribution in [3.8, 4) is 6.07 Å². The van der Waals surface area contributed by atoms with Gasteiger partial charge in [-0.15, -0.1) is 5.10 Å². The van der Waals surface area contributed by atoms with E-state index in [0.29, 0.717) is 10.7 Å². The molecule has 5 heterocycles.